The lowest BCUT2D eigenvalue weighted by Crippen LogP contribution is -2.19. The second-order valence-electron chi connectivity index (χ2n) is 5.84. The number of aromatic nitrogens is 2. The lowest BCUT2D eigenvalue weighted by atomic mass is 10.1. The number of amides is 1. The predicted octanol–water partition coefficient (Wildman–Crippen LogP) is 3.66. The van der Waals surface area contributed by atoms with Gasteiger partial charge in [-0.3, -0.25) is 14.2 Å². The van der Waals surface area contributed by atoms with Crippen LogP contribution in [-0.2, 0) is 6.54 Å². The van der Waals surface area contributed by atoms with Gasteiger partial charge < -0.3 is 5.32 Å². The molecule has 2 aromatic heterocycles. The first-order valence-electron chi connectivity index (χ1n) is 7.79. The molecule has 124 valence electrons. The van der Waals surface area contributed by atoms with E-state index in [4.69, 9.17) is 0 Å². The van der Waals surface area contributed by atoms with Gasteiger partial charge in [0.1, 0.15) is 4.83 Å². The molecule has 0 radical (unpaired) electrons. The third-order valence-electron chi connectivity index (χ3n) is 4.09. The lowest BCUT2D eigenvalue weighted by molar-refractivity contribution is 0.103. The molecular weight excluding hydrogens is 322 g/mol. The van der Waals surface area contributed by atoms with Crippen LogP contribution >= 0.6 is 11.3 Å². The standard InChI is InChI=1S/C18H19N3O2S/c1-5-21-9-19-17-14(18(21)23)12(4)15(24-17)16(22)20-13-7-6-10(2)8-11(13)3/h6-9H,5H2,1-4H3,(H,20,22). The monoisotopic (exact) mass is 341 g/mol. The minimum absolute atomic E-state index is 0.0955. The number of carbonyl (C=O) groups is 1. The van der Waals surface area contributed by atoms with Crippen molar-refractivity contribution in [1.29, 1.82) is 0 Å². The summed E-state index contributed by atoms with van der Waals surface area (Å²) in [7, 11) is 0. The van der Waals surface area contributed by atoms with Crippen molar-refractivity contribution >= 4 is 33.1 Å². The zero-order valence-corrected chi connectivity index (χ0v) is 15.0. The minimum atomic E-state index is -0.204. The highest BCUT2D eigenvalue weighted by molar-refractivity contribution is 7.20. The zero-order valence-electron chi connectivity index (χ0n) is 14.1. The molecular formula is C18H19N3O2S. The zero-order chi connectivity index (χ0) is 17.4. The fourth-order valence-corrected chi connectivity index (χ4v) is 3.77. The topological polar surface area (TPSA) is 64.0 Å². The first-order chi connectivity index (χ1) is 11.4. The van der Waals surface area contributed by atoms with Crippen LogP contribution in [0.3, 0.4) is 0 Å². The summed E-state index contributed by atoms with van der Waals surface area (Å²) >= 11 is 1.26. The van der Waals surface area contributed by atoms with Crippen molar-refractivity contribution in [2.75, 3.05) is 5.32 Å². The molecule has 0 aliphatic heterocycles. The first kappa shape index (κ1) is 16.4. The van der Waals surface area contributed by atoms with Crippen LogP contribution in [0.5, 0.6) is 0 Å². The second kappa shape index (κ2) is 6.20. The number of aryl methyl sites for hydroxylation is 4. The largest absolute Gasteiger partial charge is 0.321 e. The van der Waals surface area contributed by atoms with Gasteiger partial charge in [-0.1, -0.05) is 17.7 Å². The number of nitrogens with one attached hydrogen (secondary N) is 1. The van der Waals surface area contributed by atoms with Gasteiger partial charge in [0, 0.05) is 12.2 Å². The SMILES string of the molecule is CCn1cnc2sc(C(=O)Nc3ccc(C)cc3C)c(C)c2c1=O. The van der Waals surface area contributed by atoms with Crippen molar-refractivity contribution in [3.63, 3.8) is 0 Å². The van der Waals surface area contributed by atoms with Gasteiger partial charge in [-0.15, -0.1) is 11.3 Å². The Kier molecular flexibility index (Phi) is 4.24. The Bertz CT molecular complexity index is 1000. The Morgan fingerprint density at radius 2 is 2.04 bits per heavy atom. The van der Waals surface area contributed by atoms with E-state index in [1.54, 1.807) is 11.5 Å². The summed E-state index contributed by atoms with van der Waals surface area (Å²) in [5.41, 5.74) is 3.53. The number of nitrogens with zero attached hydrogens (tertiary/aromatic N) is 2. The average molecular weight is 341 g/mol. The fourth-order valence-electron chi connectivity index (χ4n) is 2.73. The summed E-state index contributed by atoms with van der Waals surface area (Å²) < 4.78 is 1.55. The van der Waals surface area contributed by atoms with E-state index in [1.165, 1.54) is 17.7 Å². The van der Waals surface area contributed by atoms with E-state index in [0.29, 0.717) is 27.2 Å². The number of thiophene rings is 1. The molecule has 0 atom stereocenters. The summed E-state index contributed by atoms with van der Waals surface area (Å²) in [6, 6.07) is 5.88. The molecule has 0 aliphatic carbocycles. The van der Waals surface area contributed by atoms with Crippen LogP contribution < -0.4 is 10.9 Å². The van der Waals surface area contributed by atoms with Gasteiger partial charge in [0.25, 0.3) is 11.5 Å². The Morgan fingerprint density at radius 1 is 1.29 bits per heavy atom. The molecule has 0 bridgehead atoms. The number of rotatable bonds is 3. The van der Waals surface area contributed by atoms with Crippen LogP contribution in [0.25, 0.3) is 10.2 Å². The highest BCUT2D eigenvalue weighted by Crippen LogP contribution is 2.28. The summed E-state index contributed by atoms with van der Waals surface area (Å²) in [5.74, 6) is -0.204. The van der Waals surface area contributed by atoms with Crippen LogP contribution in [0, 0.1) is 20.8 Å². The number of hydrogen-bond acceptors (Lipinski definition) is 4. The Balaban J connectivity index is 2.03. The fraction of sp³-hybridized carbons (Fsp3) is 0.278. The Morgan fingerprint density at radius 3 is 2.71 bits per heavy atom. The van der Waals surface area contributed by atoms with E-state index in [2.05, 4.69) is 10.3 Å². The van der Waals surface area contributed by atoms with E-state index in [1.807, 2.05) is 39.0 Å². The van der Waals surface area contributed by atoms with Gasteiger partial charge in [0.15, 0.2) is 0 Å². The van der Waals surface area contributed by atoms with Crippen molar-refractivity contribution in [3.05, 3.63) is 56.4 Å². The van der Waals surface area contributed by atoms with E-state index >= 15 is 0 Å². The molecule has 1 N–H and O–H groups in total. The predicted molar refractivity (Wildman–Crippen MR) is 98.2 cm³/mol. The molecule has 0 aliphatic rings. The van der Waals surface area contributed by atoms with Gasteiger partial charge in [0.05, 0.1) is 16.6 Å². The molecule has 1 amide bonds. The van der Waals surface area contributed by atoms with E-state index in [-0.39, 0.29) is 11.5 Å². The molecule has 5 nitrogen and oxygen atoms in total. The maximum atomic E-state index is 12.7. The van der Waals surface area contributed by atoms with Crippen LogP contribution in [0.4, 0.5) is 5.69 Å². The number of anilines is 1. The molecule has 0 saturated carbocycles. The van der Waals surface area contributed by atoms with Gasteiger partial charge >= 0.3 is 0 Å². The van der Waals surface area contributed by atoms with Crippen LogP contribution in [0.15, 0.2) is 29.3 Å². The third kappa shape index (κ3) is 2.73. The molecule has 0 fully saturated rings. The second-order valence-corrected chi connectivity index (χ2v) is 6.84. The minimum Gasteiger partial charge on any atom is -0.321 e. The molecule has 3 rings (SSSR count). The molecule has 0 saturated heterocycles. The maximum Gasteiger partial charge on any atom is 0.266 e. The van der Waals surface area contributed by atoms with Gasteiger partial charge in [-0.25, -0.2) is 4.98 Å². The van der Waals surface area contributed by atoms with Crippen LogP contribution in [0.1, 0.15) is 33.3 Å². The summed E-state index contributed by atoms with van der Waals surface area (Å²) in [5, 5.41) is 3.48. The van der Waals surface area contributed by atoms with Crippen molar-refractivity contribution in [2.24, 2.45) is 0 Å². The summed E-state index contributed by atoms with van der Waals surface area (Å²) in [6.07, 6.45) is 1.53. The quantitative estimate of drug-likeness (QED) is 0.791. The molecule has 0 spiro atoms. The van der Waals surface area contributed by atoms with E-state index in [0.717, 1.165) is 16.8 Å². The Hall–Kier alpha value is -2.47. The molecule has 24 heavy (non-hydrogen) atoms. The van der Waals surface area contributed by atoms with Gasteiger partial charge in [-0.2, -0.15) is 0 Å². The van der Waals surface area contributed by atoms with Crippen molar-refractivity contribution in [1.82, 2.24) is 9.55 Å². The van der Waals surface area contributed by atoms with Gasteiger partial charge in [0.2, 0.25) is 0 Å². The molecule has 6 heteroatoms. The molecule has 2 heterocycles. The number of carbonyl (C=O) groups excluding carboxylic acids is 1. The number of benzene rings is 1. The lowest BCUT2D eigenvalue weighted by Gasteiger charge is -2.08. The molecule has 3 aromatic rings. The van der Waals surface area contributed by atoms with Crippen LogP contribution in [0.2, 0.25) is 0 Å². The highest BCUT2D eigenvalue weighted by atomic mass is 32.1. The van der Waals surface area contributed by atoms with Crippen LogP contribution in [-0.4, -0.2) is 15.5 Å². The van der Waals surface area contributed by atoms with Gasteiger partial charge in [-0.05, 0) is 44.9 Å². The molecule has 1 aromatic carbocycles. The first-order valence-corrected chi connectivity index (χ1v) is 8.61. The average Bonchev–Trinajstić information content (AvgIpc) is 2.88. The maximum absolute atomic E-state index is 12.7. The molecule has 0 unspecified atom stereocenters. The smallest absolute Gasteiger partial charge is 0.266 e. The van der Waals surface area contributed by atoms with Crippen molar-refractivity contribution < 1.29 is 4.79 Å². The summed E-state index contributed by atoms with van der Waals surface area (Å²) in [4.78, 5) is 30.6. The number of fused-ring (bicyclic) bond motifs is 1. The van der Waals surface area contributed by atoms with Crippen molar-refractivity contribution in [3.8, 4) is 0 Å². The number of hydrogen-bond donors (Lipinski definition) is 1. The van der Waals surface area contributed by atoms with E-state index < -0.39 is 0 Å². The van der Waals surface area contributed by atoms with E-state index in [9.17, 15) is 9.59 Å². The normalized spacial score (nSPS) is 11.0. The highest BCUT2D eigenvalue weighted by Gasteiger charge is 2.19. The summed E-state index contributed by atoms with van der Waals surface area (Å²) in [6.45, 7) is 8.23. The Labute approximate surface area is 144 Å². The third-order valence-corrected chi connectivity index (χ3v) is 5.29. The van der Waals surface area contributed by atoms with Crippen molar-refractivity contribution in [2.45, 2.75) is 34.2 Å².